The highest BCUT2D eigenvalue weighted by Crippen LogP contribution is 2.47. The predicted octanol–water partition coefficient (Wildman–Crippen LogP) is 3.71. The average Bonchev–Trinajstić information content (AvgIpc) is 1.58. The quantitative estimate of drug-likeness (QED) is 0.512. The fourth-order valence-electron chi connectivity index (χ4n) is 1.12. The molecule has 0 aromatic rings. The topological polar surface area (TPSA) is 0 Å². The minimum atomic E-state index is -2.63. The lowest BCUT2D eigenvalue weighted by atomic mass is 9.73. The largest absolute Gasteiger partial charge is 0.257 e. The molecular weight excluding hydrogens is 146 g/mol. The van der Waals surface area contributed by atoms with Crippen LogP contribution in [0.1, 0.15) is 41.5 Å². The van der Waals surface area contributed by atoms with Crippen LogP contribution in [0.4, 0.5) is 8.78 Å². The van der Waals surface area contributed by atoms with E-state index in [1.54, 1.807) is 41.5 Å². The molecule has 0 amide bonds. The summed E-state index contributed by atoms with van der Waals surface area (Å²) in [6, 6.07) is 0. The van der Waals surface area contributed by atoms with Crippen molar-refractivity contribution >= 4 is 0 Å². The summed E-state index contributed by atoms with van der Waals surface area (Å²) in [7, 11) is 0. The number of hydrogen-bond donors (Lipinski definition) is 0. The van der Waals surface area contributed by atoms with Crippen LogP contribution >= 0.6 is 0 Å². The Morgan fingerprint density at radius 1 is 0.636 bits per heavy atom. The lowest BCUT2D eigenvalue weighted by molar-refractivity contribution is -0.173. The van der Waals surface area contributed by atoms with Gasteiger partial charge in [0.1, 0.15) is 0 Å². The molecule has 68 valence electrons. The Hall–Kier alpha value is -0.140. The zero-order chi connectivity index (χ0) is 9.50. The summed E-state index contributed by atoms with van der Waals surface area (Å²) in [6.07, 6.45) is 0. The van der Waals surface area contributed by atoms with Crippen LogP contribution in [0.2, 0.25) is 0 Å². The molecule has 0 aliphatic heterocycles. The van der Waals surface area contributed by atoms with Crippen LogP contribution in [-0.4, -0.2) is 5.92 Å². The second-order valence-electron chi connectivity index (χ2n) is 5.07. The maximum Gasteiger partial charge on any atom is 0.257 e. The molecule has 0 unspecified atom stereocenters. The van der Waals surface area contributed by atoms with E-state index in [9.17, 15) is 8.78 Å². The molecule has 0 fully saturated rings. The van der Waals surface area contributed by atoms with Crippen molar-refractivity contribution in [3.63, 3.8) is 0 Å². The van der Waals surface area contributed by atoms with Gasteiger partial charge in [0.2, 0.25) is 0 Å². The molecule has 11 heavy (non-hydrogen) atoms. The molecule has 0 aromatic heterocycles. The zero-order valence-electron chi connectivity index (χ0n) is 8.26. The predicted molar refractivity (Wildman–Crippen MR) is 43.9 cm³/mol. The molecule has 0 nitrogen and oxygen atoms in total. The van der Waals surface area contributed by atoms with Crippen molar-refractivity contribution in [2.75, 3.05) is 0 Å². The van der Waals surface area contributed by atoms with E-state index in [1.807, 2.05) is 0 Å². The van der Waals surface area contributed by atoms with Gasteiger partial charge in [0.15, 0.2) is 0 Å². The van der Waals surface area contributed by atoms with E-state index < -0.39 is 16.8 Å². The third-order valence-corrected chi connectivity index (χ3v) is 1.88. The smallest absolute Gasteiger partial charge is 0.206 e. The first-order chi connectivity index (χ1) is 4.50. The second kappa shape index (κ2) is 2.43. The third-order valence-electron chi connectivity index (χ3n) is 1.88. The van der Waals surface area contributed by atoms with Gasteiger partial charge in [-0.3, -0.25) is 0 Å². The molecule has 0 rings (SSSR count). The van der Waals surface area contributed by atoms with Crippen LogP contribution in [0, 0.1) is 10.8 Å². The zero-order valence-corrected chi connectivity index (χ0v) is 8.26. The van der Waals surface area contributed by atoms with Crippen LogP contribution in [0.3, 0.4) is 0 Å². The van der Waals surface area contributed by atoms with Crippen molar-refractivity contribution in [1.29, 1.82) is 0 Å². The third kappa shape index (κ3) is 1.91. The Balaban J connectivity index is 4.75. The summed E-state index contributed by atoms with van der Waals surface area (Å²) in [6.45, 7) is 9.41. The van der Waals surface area contributed by atoms with E-state index in [4.69, 9.17) is 0 Å². The fraction of sp³-hybridized carbons (Fsp3) is 1.00. The highest BCUT2D eigenvalue weighted by Gasteiger charge is 2.52. The van der Waals surface area contributed by atoms with E-state index in [2.05, 4.69) is 0 Å². The monoisotopic (exact) mass is 164 g/mol. The maximum atomic E-state index is 13.4. The van der Waals surface area contributed by atoms with E-state index in [0.29, 0.717) is 0 Å². The van der Waals surface area contributed by atoms with Gasteiger partial charge in [0.25, 0.3) is 5.92 Å². The molecule has 0 spiro atoms. The molecule has 0 saturated heterocycles. The van der Waals surface area contributed by atoms with Gasteiger partial charge in [-0.15, -0.1) is 0 Å². The first-order valence-electron chi connectivity index (χ1n) is 3.88. The standard InChI is InChI=1S/C9H18F2/c1-7(2,3)9(10,11)8(4,5)6/h1-6H3. The Labute approximate surface area is 68.0 Å². The van der Waals surface area contributed by atoms with Crippen molar-refractivity contribution in [1.82, 2.24) is 0 Å². The number of alkyl halides is 2. The van der Waals surface area contributed by atoms with Gasteiger partial charge in [0.05, 0.1) is 0 Å². The van der Waals surface area contributed by atoms with Crippen LogP contribution < -0.4 is 0 Å². The van der Waals surface area contributed by atoms with Gasteiger partial charge >= 0.3 is 0 Å². The highest BCUT2D eigenvalue weighted by atomic mass is 19.3. The fourth-order valence-corrected chi connectivity index (χ4v) is 1.12. The Kier molecular flexibility index (Phi) is 2.40. The van der Waals surface area contributed by atoms with Crippen LogP contribution in [-0.2, 0) is 0 Å². The summed E-state index contributed by atoms with van der Waals surface area (Å²) < 4.78 is 26.9. The molecule has 0 heterocycles. The average molecular weight is 164 g/mol. The van der Waals surface area contributed by atoms with E-state index in [0.717, 1.165) is 0 Å². The molecule has 0 bridgehead atoms. The maximum absolute atomic E-state index is 13.4. The summed E-state index contributed by atoms with van der Waals surface area (Å²) in [5, 5.41) is 0. The van der Waals surface area contributed by atoms with E-state index >= 15 is 0 Å². The molecule has 2 heteroatoms. The summed E-state index contributed by atoms with van der Waals surface area (Å²) in [4.78, 5) is 0. The molecule has 0 radical (unpaired) electrons. The summed E-state index contributed by atoms with van der Waals surface area (Å²) >= 11 is 0. The van der Waals surface area contributed by atoms with Crippen molar-refractivity contribution in [2.45, 2.75) is 47.5 Å². The molecule has 0 saturated carbocycles. The van der Waals surface area contributed by atoms with E-state index in [1.165, 1.54) is 0 Å². The van der Waals surface area contributed by atoms with Crippen LogP contribution in [0.25, 0.3) is 0 Å². The van der Waals surface area contributed by atoms with Gasteiger partial charge in [-0.1, -0.05) is 41.5 Å². The number of hydrogen-bond acceptors (Lipinski definition) is 0. The Bertz CT molecular complexity index is 119. The molecule has 0 aliphatic carbocycles. The summed E-state index contributed by atoms with van der Waals surface area (Å²) in [5.74, 6) is -2.63. The molecule has 0 aromatic carbocycles. The Morgan fingerprint density at radius 2 is 0.818 bits per heavy atom. The Morgan fingerprint density at radius 3 is 0.818 bits per heavy atom. The first-order valence-corrected chi connectivity index (χ1v) is 3.88. The number of halogens is 2. The van der Waals surface area contributed by atoms with Crippen LogP contribution in [0.15, 0.2) is 0 Å². The van der Waals surface area contributed by atoms with Gasteiger partial charge in [-0.25, -0.2) is 8.78 Å². The van der Waals surface area contributed by atoms with Crippen molar-refractivity contribution in [3.05, 3.63) is 0 Å². The second-order valence-corrected chi connectivity index (χ2v) is 5.07. The minimum Gasteiger partial charge on any atom is -0.206 e. The van der Waals surface area contributed by atoms with Gasteiger partial charge in [-0.05, 0) is 0 Å². The lowest BCUT2D eigenvalue weighted by Gasteiger charge is -2.40. The highest BCUT2D eigenvalue weighted by molar-refractivity contribution is 4.91. The summed E-state index contributed by atoms with van der Waals surface area (Å²) in [5.41, 5.74) is -1.91. The van der Waals surface area contributed by atoms with Crippen LogP contribution in [0.5, 0.6) is 0 Å². The molecule has 0 N–H and O–H groups in total. The molecular formula is C9H18F2. The van der Waals surface area contributed by atoms with Gasteiger partial charge in [0, 0.05) is 10.8 Å². The van der Waals surface area contributed by atoms with E-state index in [-0.39, 0.29) is 0 Å². The normalized spacial score (nSPS) is 15.3. The lowest BCUT2D eigenvalue weighted by Crippen LogP contribution is -2.45. The van der Waals surface area contributed by atoms with Crippen molar-refractivity contribution in [3.8, 4) is 0 Å². The minimum absolute atomic E-state index is 0.953. The molecule has 0 aliphatic rings. The number of rotatable bonds is 0. The van der Waals surface area contributed by atoms with Gasteiger partial charge in [-0.2, -0.15) is 0 Å². The van der Waals surface area contributed by atoms with Crippen molar-refractivity contribution < 1.29 is 8.78 Å². The first kappa shape index (κ1) is 10.9. The van der Waals surface area contributed by atoms with Gasteiger partial charge < -0.3 is 0 Å². The SMILES string of the molecule is CC(C)(C)C(F)(F)C(C)(C)C. The molecule has 0 atom stereocenters. The van der Waals surface area contributed by atoms with Crippen molar-refractivity contribution in [2.24, 2.45) is 10.8 Å².